The number of nitrogens with one attached hydrogen (secondary N) is 1. The molecule has 136 valence electrons. The molecule has 0 amide bonds. The minimum absolute atomic E-state index is 0.184. The molecule has 0 radical (unpaired) electrons. The van der Waals surface area contributed by atoms with Crippen LogP contribution < -0.4 is 5.32 Å². The highest BCUT2D eigenvalue weighted by Crippen LogP contribution is 2.31. The van der Waals surface area contributed by atoms with Crippen molar-refractivity contribution in [2.24, 2.45) is 0 Å². The Bertz CT molecular complexity index is 914. The highest BCUT2D eigenvalue weighted by atomic mass is 35.5. The maximum Gasteiger partial charge on any atom is 0.471 e. The van der Waals surface area contributed by atoms with Gasteiger partial charge in [-0.25, -0.2) is 9.97 Å². The number of halogens is 5. The topological polar surface area (TPSA) is 76.7 Å². The second-order valence-corrected chi connectivity index (χ2v) is 6.01. The van der Waals surface area contributed by atoms with E-state index in [4.69, 9.17) is 23.2 Å². The van der Waals surface area contributed by atoms with Crippen LogP contribution in [0.3, 0.4) is 0 Å². The van der Waals surface area contributed by atoms with E-state index in [0.717, 1.165) is 5.56 Å². The maximum atomic E-state index is 12.5. The van der Waals surface area contributed by atoms with Crippen LogP contribution in [0.15, 0.2) is 35.1 Å². The Morgan fingerprint density at radius 1 is 1.15 bits per heavy atom. The van der Waals surface area contributed by atoms with Gasteiger partial charge in [0.05, 0.1) is 21.7 Å². The average Bonchev–Trinajstić information content (AvgIpc) is 3.08. The van der Waals surface area contributed by atoms with E-state index < -0.39 is 12.1 Å². The predicted octanol–water partition coefficient (Wildman–Crippen LogP) is 5.03. The smallest absolute Gasteiger partial charge is 0.348 e. The number of alkyl halides is 3. The van der Waals surface area contributed by atoms with Gasteiger partial charge in [-0.2, -0.15) is 18.2 Å². The number of rotatable bonds is 4. The van der Waals surface area contributed by atoms with Gasteiger partial charge in [-0.05, 0) is 18.6 Å². The van der Waals surface area contributed by atoms with Crippen molar-refractivity contribution in [1.29, 1.82) is 0 Å². The molecule has 0 bridgehead atoms. The Balaban J connectivity index is 1.75. The maximum absolute atomic E-state index is 12.5. The van der Waals surface area contributed by atoms with Gasteiger partial charge >= 0.3 is 12.1 Å². The Kier molecular flexibility index (Phi) is 5.01. The minimum atomic E-state index is -4.71. The van der Waals surface area contributed by atoms with Crippen LogP contribution in [0.4, 0.5) is 19.1 Å². The number of benzene rings is 1. The normalized spacial score (nSPS) is 12.8. The quantitative estimate of drug-likeness (QED) is 0.658. The first kappa shape index (κ1) is 18.4. The van der Waals surface area contributed by atoms with Crippen molar-refractivity contribution >= 4 is 29.2 Å². The zero-order valence-corrected chi connectivity index (χ0v) is 14.6. The fourth-order valence-electron chi connectivity index (χ4n) is 2.10. The molecule has 6 nitrogen and oxygen atoms in total. The van der Waals surface area contributed by atoms with Crippen LogP contribution in [0.5, 0.6) is 0 Å². The Labute approximate surface area is 155 Å². The standard InChI is InChI=1S/C15H10Cl2F3N5O/c1-7(9-3-2-4-10(16)11(9)17)23-14-21-5-8(6-22-14)12-24-13(26-25-12)15(18,19)20/h2-7H,1H3,(H,21,22,23). The molecule has 0 saturated heterocycles. The summed E-state index contributed by atoms with van der Waals surface area (Å²) in [5, 5.41) is 7.14. The lowest BCUT2D eigenvalue weighted by molar-refractivity contribution is -0.159. The number of hydrogen-bond acceptors (Lipinski definition) is 6. The van der Waals surface area contributed by atoms with Crippen molar-refractivity contribution in [1.82, 2.24) is 20.1 Å². The molecule has 1 aromatic carbocycles. The second kappa shape index (κ2) is 7.08. The van der Waals surface area contributed by atoms with Gasteiger partial charge in [0, 0.05) is 12.4 Å². The molecular weight excluding hydrogens is 394 g/mol. The molecule has 0 aliphatic heterocycles. The molecule has 0 fully saturated rings. The molecule has 26 heavy (non-hydrogen) atoms. The summed E-state index contributed by atoms with van der Waals surface area (Å²) in [7, 11) is 0. The van der Waals surface area contributed by atoms with Gasteiger partial charge in [-0.15, -0.1) is 0 Å². The number of hydrogen-bond donors (Lipinski definition) is 1. The van der Waals surface area contributed by atoms with Gasteiger partial charge in [0.15, 0.2) is 0 Å². The van der Waals surface area contributed by atoms with Gasteiger partial charge in [0.1, 0.15) is 0 Å². The fourth-order valence-corrected chi connectivity index (χ4v) is 2.57. The van der Waals surface area contributed by atoms with Crippen LogP contribution in [0, 0.1) is 0 Å². The lowest BCUT2D eigenvalue weighted by Gasteiger charge is -2.16. The van der Waals surface area contributed by atoms with Crippen LogP contribution in [0.2, 0.25) is 10.0 Å². The first-order valence-corrected chi connectivity index (χ1v) is 7.95. The van der Waals surface area contributed by atoms with Gasteiger partial charge < -0.3 is 9.84 Å². The number of aromatic nitrogens is 4. The van der Waals surface area contributed by atoms with Crippen molar-refractivity contribution in [3.05, 3.63) is 52.1 Å². The second-order valence-electron chi connectivity index (χ2n) is 5.23. The summed E-state index contributed by atoms with van der Waals surface area (Å²) < 4.78 is 41.6. The van der Waals surface area contributed by atoms with Crippen LogP contribution in [-0.4, -0.2) is 20.1 Å². The number of nitrogens with zero attached hydrogens (tertiary/aromatic N) is 4. The summed E-state index contributed by atoms with van der Waals surface area (Å²) in [6, 6.07) is 4.98. The monoisotopic (exact) mass is 403 g/mol. The Morgan fingerprint density at radius 2 is 1.85 bits per heavy atom. The molecule has 3 aromatic rings. The summed E-state index contributed by atoms with van der Waals surface area (Å²) in [5.41, 5.74) is 0.933. The minimum Gasteiger partial charge on any atom is -0.348 e. The first-order chi connectivity index (χ1) is 12.3. The SMILES string of the molecule is CC(Nc1ncc(-c2noc(C(F)(F)F)n2)cn1)c1cccc(Cl)c1Cl. The predicted molar refractivity (Wildman–Crippen MR) is 88.8 cm³/mol. The fraction of sp³-hybridized carbons (Fsp3) is 0.200. The van der Waals surface area contributed by atoms with Crippen LogP contribution >= 0.6 is 23.2 Å². The molecule has 2 heterocycles. The third-order valence-electron chi connectivity index (χ3n) is 3.37. The molecule has 0 saturated carbocycles. The molecule has 1 N–H and O–H groups in total. The molecule has 1 unspecified atom stereocenters. The van der Waals surface area contributed by atoms with Crippen molar-refractivity contribution in [3.63, 3.8) is 0 Å². The molecule has 0 aliphatic rings. The lowest BCUT2D eigenvalue weighted by Crippen LogP contribution is -2.10. The van der Waals surface area contributed by atoms with Crippen LogP contribution in [0.1, 0.15) is 24.4 Å². The molecule has 11 heteroatoms. The summed E-state index contributed by atoms with van der Waals surface area (Å²) >= 11 is 12.2. The average molecular weight is 404 g/mol. The van der Waals surface area contributed by atoms with Crippen molar-refractivity contribution in [2.75, 3.05) is 5.32 Å². The highest BCUT2D eigenvalue weighted by molar-refractivity contribution is 6.42. The zero-order valence-electron chi connectivity index (χ0n) is 13.1. The summed E-state index contributed by atoms with van der Waals surface area (Å²) in [4.78, 5) is 11.4. The van der Waals surface area contributed by atoms with E-state index in [1.807, 2.05) is 6.92 Å². The van der Waals surface area contributed by atoms with Crippen molar-refractivity contribution < 1.29 is 17.7 Å². The molecule has 3 rings (SSSR count). The molecule has 1 atom stereocenters. The van der Waals surface area contributed by atoms with E-state index in [1.165, 1.54) is 12.4 Å². The molecule has 0 aliphatic carbocycles. The lowest BCUT2D eigenvalue weighted by atomic mass is 10.1. The highest BCUT2D eigenvalue weighted by Gasteiger charge is 2.38. The molecular formula is C15H10Cl2F3N5O. The van der Waals surface area contributed by atoms with E-state index in [9.17, 15) is 13.2 Å². The van der Waals surface area contributed by atoms with Crippen LogP contribution in [-0.2, 0) is 6.18 Å². The van der Waals surface area contributed by atoms with Gasteiger partial charge in [-0.3, -0.25) is 0 Å². The van der Waals surface area contributed by atoms with Crippen molar-refractivity contribution in [2.45, 2.75) is 19.1 Å². The van der Waals surface area contributed by atoms with E-state index >= 15 is 0 Å². The Morgan fingerprint density at radius 3 is 2.46 bits per heavy atom. The van der Waals surface area contributed by atoms with E-state index in [-0.39, 0.29) is 23.4 Å². The van der Waals surface area contributed by atoms with E-state index in [1.54, 1.807) is 18.2 Å². The van der Waals surface area contributed by atoms with Crippen molar-refractivity contribution in [3.8, 4) is 11.4 Å². The van der Waals surface area contributed by atoms with Crippen LogP contribution in [0.25, 0.3) is 11.4 Å². The van der Waals surface area contributed by atoms with Gasteiger partial charge in [0.2, 0.25) is 11.8 Å². The molecule has 2 aromatic heterocycles. The summed E-state index contributed by atoms with van der Waals surface area (Å²) in [6.45, 7) is 1.84. The number of anilines is 1. The van der Waals surface area contributed by atoms with Gasteiger partial charge in [-0.1, -0.05) is 40.5 Å². The summed E-state index contributed by atoms with van der Waals surface area (Å²) in [6.07, 6.45) is -2.14. The third-order valence-corrected chi connectivity index (χ3v) is 4.21. The third kappa shape index (κ3) is 3.88. The van der Waals surface area contributed by atoms with E-state index in [2.05, 4.69) is 29.9 Å². The zero-order chi connectivity index (χ0) is 18.9. The summed E-state index contributed by atoms with van der Waals surface area (Å²) in [5.74, 6) is -1.44. The van der Waals surface area contributed by atoms with E-state index in [0.29, 0.717) is 10.0 Å². The molecule has 0 spiro atoms. The first-order valence-electron chi connectivity index (χ1n) is 7.19. The Hall–Kier alpha value is -2.39. The largest absolute Gasteiger partial charge is 0.471 e. The van der Waals surface area contributed by atoms with Gasteiger partial charge in [0.25, 0.3) is 0 Å².